The van der Waals surface area contributed by atoms with Gasteiger partial charge in [0.25, 0.3) is 0 Å². The Kier molecular flexibility index (Phi) is 16.7. The number of aryl methyl sites for hydroxylation is 1. The summed E-state index contributed by atoms with van der Waals surface area (Å²) in [6.45, 7) is 12.7. The van der Waals surface area contributed by atoms with E-state index in [2.05, 4.69) is 46.0 Å². The number of hydrogen-bond acceptors (Lipinski definition) is 2. The average Bonchev–Trinajstić information content (AvgIpc) is 2.77. The Morgan fingerprint density at radius 2 is 1.16 bits per heavy atom. The topological polar surface area (TPSA) is 32.3 Å². The van der Waals surface area contributed by atoms with Gasteiger partial charge in [-0.2, -0.15) is 0 Å². The van der Waals surface area contributed by atoms with Crippen molar-refractivity contribution in [3.63, 3.8) is 0 Å². The van der Waals surface area contributed by atoms with Gasteiger partial charge in [0.1, 0.15) is 5.75 Å². The Morgan fingerprint density at radius 3 is 1.59 bits per heavy atom. The van der Waals surface area contributed by atoms with Crippen LogP contribution in [0, 0.1) is 13.8 Å². The molecule has 1 rings (SSSR count). The fourth-order valence-corrected chi connectivity index (χ4v) is 4.77. The van der Waals surface area contributed by atoms with Crippen LogP contribution in [0.1, 0.15) is 152 Å². The molecule has 2 N–H and O–H groups in total. The quantitative estimate of drug-likeness (QED) is 0.196. The van der Waals surface area contributed by atoms with Crippen molar-refractivity contribution in [2.75, 3.05) is 6.54 Å². The molecule has 1 aromatic carbocycles. The molecule has 0 heterocycles. The maximum Gasteiger partial charge on any atom is 0.122 e. The highest BCUT2D eigenvalue weighted by molar-refractivity contribution is 5.50. The molecule has 2 heteroatoms. The molecule has 0 aliphatic rings. The molecular formula is C30H55NO. The van der Waals surface area contributed by atoms with E-state index in [1.807, 2.05) is 0 Å². The Balaban J connectivity index is 1.95. The van der Waals surface area contributed by atoms with Crippen molar-refractivity contribution in [1.29, 1.82) is 0 Å². The normalized spacial score (nSPS) is 11.6. The van der Waals surface area contributed by atoms with Crippen LogP contribution in [0.15, 0.2) is 6.07 Å². The van der Waals surface area contributed by atoms with Crippen LogP contribution in [0.4, 0.5) is 0 Å². The van der Waals surface area contributed by atoms with Crippen LogP contribution < -0.4 is 5.32 Å². The standard InChI is InChI=1S/C30H55NO/c1-6-7-8-9-10-11-12-13-14-15-16-17-18-19-20-21-22-31-24-29-26(4)23-28(25(2)3)30(32)27(29)5/h23,25,31-32H,6-22,24H2,1-5H3. The molecular weight excluding hydrogens is 390 g/mol. The molecule has 0 spiro atoms. The molecule has 0 radical (unpaired) electrons. The summed E-state index contributed by atoms with van der Waals surface area (Å²) < 4.78 is 0. The van der Waals surface area contributed by atoms with E-state index in [1.54, 1.807) is 0 Å². The molecule has 0 amide bonds. The van der Waals surface area contributed by atoms with Crippen molar-refractivity contribution in [2.45, 2.75) is 150 Å². The lowest BCUT2D eigenvalue weighted by atomic mass is 9.92. The van der Waals surface area contributed by atoms with E-state index < -0.39 is 0 Å². The first-order chi connectivity index (χ1) is 15.5. The average molecular weight is 446 g/mol. The van der Waals surface area contributed by atoms with Crippen molar-refractivity contribution in [1.82, 2.24) is 5.32 Å². The molecule has 0 aliphatic heterocycles. The zero-order valence-corrected chi connectivity index (χ0v) is 22.3. The molecule has 2 nitrogen and oxygen atoms in total. The molecule has 1 aromatic rings. The second kappa shape index (κ2) is 18.4. The SMILES string of the molecule is CCCCCCCCCCCCCCCCCCNCc1c(C)cc(C(C)C)c(O)c1C. The molecule has 0 aliphatic carbocycles. The summed E-state index contributed by atoms with van der Waals surface area (Å²) in [5, 5.41) is 14.1. The van der Waals surface area contributed by atoms with Gasteiger partial charge in [0, 0.05) is 6.54 Å². The Labute approximate surface area is 201 Å². The number of aromatic hydroxyl groups is 1. The van der Waals surface area contributed by atoms with Gasteiger partial charge in [0.05, 0.1) is 0 Å². The molecule has 0 saturated heterocycles. The van der Waals surface area contributed by atoms with Gasteiger partial charge in [-0.3, -0.25) is 0 Å². The monoisotopic (exact) mass is 445 g/mol. The van der Waals surface area contributed by atoms with Crippen LogP contribution in [0.3, 0.4) is 0 Å². The van der Waals surface area contributed by atoms with Crippen LogP contribution in [-0.2, 0) is 6.54 Å². The lowest BCUT2D eigenvalue weighted by molar-refractivity contribution is 0.458. The van der Waals surface area contributed by atoms with E-state index in [9.17, 15) is 5.11 Å². The first-order valence-electron chi connectivity index (χ1n) is 14.0. The van der Waals surface area contributed by atoms with Crippen molar-refractivity contribution < 1.29 is 5.11 Å². The van der Waals surface area contributed by atoms with E-state index in [-0.39, 0.29) is 0 Å². The van der Waals surface area contributed by atoms with E-state index in [1.165, 1.54) is 114 Å². The summed E-state index contributed by atoms with van der Waals surface area (Å²) in [6.07, 6.45) is 22.6. The Hall–Kier alpha value is -1.02. The molecule has 0 unspecified atom stereocenters. The smallest absolute Gasteiger partial charge is 0.122 e. The lowest BCUT2D eigenvalue weighted by Gasteiger charge is -2.18. The molecule has 0 saturated carbocycles. The number of unbranched alkanes of at least 4 members (excludes halogenated alkanes) is 15. The number of rotatable bonds is 20. The lowest BCUT2D eigenvalue weighted by Crippen LogP contribution is -2.16. The minimum Gasteiger partial charge on any atom is -0.507 e. The third kappa shape index (κ3) is 12.3. The van der Waals surface area contributed by atoms with Gasteiger partial charge in [-0.05, 0) is 55.0 Å². The number of phenols is 1. The molecule has 186 valence electrons. The highest BCUT2D eigenvalue weighted by Gasteiger charge is 2.14. The van der Waals surface area contributed by atoms with Crippen molar-refractivity contribution >= 4 is 0 Å². The third-order valence-electron chi connectivity index (χ3n) is 7.06. The summed E-state index contributed by atoms with van der Waals surface area (Å²) in [7, 11) is 0. The van der Waals surface area contributed by atoms with Crippen molar-refractivity contribution in [3.05, 3.63) is 28.3 Å². The molecule has 0 bridgehead atoms. The summed E-state index contributed by atoms with van der Waals surface area (Å²) in [6, 6.07) is 2.17. The van der Waals surface area contributed by atoms with Crippen molar-refractivity contribution in [3.8, 4) is 5.75 Å². The third-order valence-corrected chi connectivity index (χ3v) is 7.06. The number of benzene rings is 1. The van der Waals surface area contributed by atoms with Gasteiger partial charge in [0.15, 0.2) is 0 Å². The number of phenolic OH excluding ortho intramolecular Hbond substituents is 1. The van der Waals surface area contributed by atoms with E-state index in [0.29, 0.717) is 11.7 Å². The largest absolute Gasteiger partial charge is 0.507 e. The zero-order chi connectivity index (χ0) is 23.6. The second-order valence-electron chi connectivity index (χ2n) is 10.4. The van der Waals surface area contributed by atoms with Gasteiger partial charge in [-0.1, -0.05) is 123 Å². The van der Waals surface area contributed by atoms with Crippen LogP contribution in [0.5, 0.6) is 5.75 Å². The first kappa shape index (κ1) is 29.0. The molecule has 32 heavy (non-hydrogen) atoms. The predicted octanol–water partition coefficient (Wildman–Crippen LogP) is 9.48. The van der Waals surface area contributed by atoms with Crippen LogP contribution in [0.25, 0.3) is 0 Å². The van der Waals surface area contributed by atoms with Gasteiger partial charge in [0.2, 0.25) is 0 Å². The Morgan fingerprint density at radius 1 is 0.719 bits per heavy atom. The molecule has 0 aromatic heterocycles. The van der Waals surface area contributed by atoms with Gasteiger partial charge in [-0.15, -0.1) is 0 Å². The summed E-state index contributed by atoms with van der Waals surface area (Å²) >= 11 is 0. The minimum atomic E-state index is 0.361. The summed E-state index contributed by atoms with van der Waals surface area (Å²) in [5.41, 5.74) is 4.68. The molecule has 0 fully saturated rings. The van der Waals surface area contributed by atoms with Gasteiger partial charge in [-0.25, -0.2) is 0 Å². The van der Waals surface area contributed by atoms with Crippen LogP contribution >= 0.6 is 0 Å². The highest BCUT2D eigenvalue weighted by Crippen LogP contribution is 2.33. The fraction of sp³-hybridized carbons (Fsp3) is 0.800. The van der Waals surface area contributed by atoms with Crippen molar-refractivity contribution in [2.24, 2.45) is 0 Å². The minimum absolute atomic E-state index is 0.361. The molecule has 0 atom stereocenters. The van der Waals surface area contributed by atoms with Gasteiger partial charge >= 0.3 is 0 Å². The van der Waals surface area contributed by atoms with Crippen LogP contribution in [-0.4, -0.2) is 11.7 Å². The van der Waals surface area contributed by atoms with E-state index >= 15 is 0 Å². The number of nitrogens with one attached hydrogen (secondary N) is 1. The fourth-order valence-electron chi connectivity index (χ4n) is 4.77. The first-order valence-corrected chi connectivity index (χ1v) is 14.0. The highest BCUT2D eigenvalue weighted by atomic mass is 16.3. The maximum absolute atomic E-state index is 10.5. The summed E-state index contributed by atoms with van der Waals surface area (Å²) in [4.78, 5) is 0. The van der Waals surface area contributed by atoms with Gasteiger partial charge < -0.3 is 10.4 Å². The van der Waals surface area contributed by atoms with Crippen LogP contribution in [0.2, 0.25) is 0 Å². The van der Waals surface area contributed by atoms with E-state index in [0.717, 1.165) is 24.2 Å². The zero-order valence-electron chi connectivity index (χ0n) is 22.3. The maximum atomic E-state index is 10.5. The predicted molar refractivity (Wildman–Crippen MR) is 143 cm³/mol. The van der Waals surface area contributed by atoms with E-state index in [4.69, 9.17) is 0 Å². The summed E-state index contributed by atoms with van der Waals surface area (Å²) in [5.74, 6) is 0.851. The second-order valence-corrected chi connectivity index (χ2v) is 10.4. The Bertz CT molecular complexity index is 593. The number of hydrogen-bond donors (Lipinski definition) is 2.